The Bertz CT molecular complexity index is 960. The summed E-state index contributed by atoms with van der Waals surface area (Å²) >= 11 is 5.87. The molecule has 0 fully saturated rings. The van der Waals surface area contributed by atoms with Crippen molar-refractivity contribution in [3.63, 3.8) is 0 Å². The lowest BCUT2D eigenvalue weighted by molar-refractivity contribution is 0.534. The highest BCUT2D eigenvalue weighted by Gasteiger charge is 2.23. The number of furan rings is 1. The van der Waals surface area contributed by atoms with Gasteiger partial charge in [0.15, 0.2) is 5.76 Å². The lowest BCUT2D eigenvalue weighted by Gasteiger charge is -2.06. The van der Waals surface area contributed by atoms with Crippen LogP contribution in [0, 0.1) is 13.8 Å². The van der Waals surface area contributed by atoms with E-state index in [1.165, 1.54) is 12.1 Å². The molecule has 8 heteroatoms. The minimum Gasteiger partial charge on any atom is -0.458 e. The monoisotopic (exact) mass is 351 g/mol. The molecule has 0 aliphatic carbocycles. The van der Waals surface area contributed by atoms with E-state index < -0.39 is 10.0 Å². The number of aromatic amines is 1. The fraction of sp³-hybridized carbons (Fsp3) is 0.133. The number of aromatic nitrogens is 2. The van der Waals surface area contributed by atoms with Gasteiger partial charge in [0.2, 0.25) is 0 Å². The van der Waals surface area contributed by atoms with E-state index in [0.29, 0.717) is 22.2 Å². The maximum atomic E-state index is 12.5. The molecule has 3 rings (SSSR count). The van der Waals surface area contributed by atoms with Crippen LogP contribution in [0.1, 0.15) is 11.5 Å². The molecule has 0 saturated carbocycles. The Morgan fingerprint density at radius 2 is 2.00 bits per heavy atom. The number of aryl methyl sites for hydroxylation is 2. The molecule has 2 aromatic heterocycles. The predicted molar refractivity (Wildman–Crippen MR) is 88.0 cm³/mol. The maximum Gasteiger partial charge on any atom is 0.265 e. The van der Waals surface area contributed by atoms with Gasteiger partial charge in [0, 0.05) is 16.8 Å². The molecule has 1 aromatic carbocycles. The number of anilines is 1. The van der Waals surface area contributed by atoms with Gasteiger partial charge >= 0.3 is 0 Å². The maximum absolute atomic E-state index is 12.5. The fourth-order valence-corrected chi connectivity index (χ4v) is 3.58. The van der Waals surface area contributed by atoms with Crippen molar-refractivity contribution in [1.82, 2.24) is 10.2 Å². The molecule has 0 aliphatic heterocycles. The quantitative estimate of drug-likeness (QED) is 0.749. The zero-order chi connectivity index (χ0) is 16.6. The van der Waals surface area contributed by atoms with Crippen molar-refractivity contribution in [2.75, 3.05) is 4.72 Å². The third-order valence-electron chi connectivity index (χ3n) is 3.20. The number of hydrogen-bond acceptors (Lipinski definition) is 4. The molecule has 2 N–H and O–H groups in total. The van der Waals surface area contributed by atoms with Crippen LogP contribution in [-0.2, 0) is 10.0 Å². The Balaban J connectivity index is 1.95. The number of H-pyrrole nitrogens is 1. The van der Waals surface area contributed by atoms with Gasteiger partial charge in [0.05, 0.1) is 5.69 Å². The molecule has 3 aromatic rings. The molecule has 0 bridgehead atoms. The van der Waals surface area contributed by atoms with Crippen molar-refractivity contribution in [2.24, 2.45) is 0 Å². The molecule has 0 saturated heterocycles. The average Bonchev–Trinajstić information content (AvgIpc) is 3.04. The van der Waals surface area contributed by atoms with E-state index in [-0.39, 0.29) is 10.7 Å². The third-order valence-corrected chi connectivity index (χ3v) is 4.92. The van der Waals surface area contributed by atoms with E-state index in [1.807, 2.05) is 6.92 Å². The Morgan fingerprint density at radius 1 is 1.22 bits per heavy atom. The molecule has 0 amide bonds. The number of sulfonamides is 1. The highest BCUT2D eigenvalue weighted by Crippen LogP contribution is 2.29. The average molecular weight is 352 g/mol. The molecule has 2 heterocycles. The minimum atomic E-state index is -3.78. The number of rotatable bonds is 4. The summed E-state index contributed by atoms with van der Waals surface area (Å²) in [6.07, 6.45) is 0. The summed E-state index contributed by atoms with van der Waals surface area (Å²) in [7, 11) is -3.78. The van der Waals surface area contributed by atoms with Crippen molar-refractivity contribution in [2.45, 2.75) is 18.7 Å². The first-order valence-electron chi connectivity index (χ1n) is 6.76. The Hall–Kier alpha value is -2.25. The molecule has 0 atom stereocenters. The number of nitrogens with one attached hydrogen (secondary N) is 2. The molecule has 120 valence electrons. The van der Waals surface area contributed by atoms with E-state index in [0.717, 1.165) is 5.69 Å². The number of benzene rings is 1. The molecule has 0 spiro atoms. The predicted octanol–water partition coefficient (Wildman–Crippen LogP) is 3.74. The van der Waals surface area contributed by atoms with Gasteiger partial charge in [-0.05, 0) is 38.1 Å². The lowest BCUT2D eigenvalue weighted by Crippen LogP contribution is -2.13. The third kappa shape index (κ3) is 3.25. The second-order valence-electron chi connectivity index (χ2n) is 5.08. The lowest BCUT2D eigenvalue weighted by atomic mass is 10.3. The summed E-state index contributed by atoms with van der Waals surface area (Å²) in [6, 6.07) is 9.72. The van der Waals surface area contributed by atoms with Crippen LogP contribution in [0.4, 0.5) is 5.69 Å². The summed E-state index contributed by atoms with van der Waals surface area (Å²) < 4.78 is 33.1. The molecule has 0 aliphatic rings. The van der Waals surface area contributed by atoms with Crippen molar-refractivity contribution >= 4 is 27.3 Å². The first-order valence-corrected chi connectivity index (χ1v) is 8.62. The van der Waals surface area contributed by atoms with Crippen LogP contribution in [-0.4, -0.2) is 18.6 Å². The summed E-state index contributed by atoms with van der Waals surface area (Å²) in [4.78, 5) is 0.0631. The molecule has 0 unspecified atom stereocenters. The molecule has 0 radical (unpaired) electrons. The Labute approximate surface area is 138 Å². The molecular formula is C15H14ClN3O3S. The minimum absolute atomic E-state index is 0.0631. The van der Waals surface area contributed by atoms with Crippen LogP contribution >= 0.6 is 11.6 Å². The zero-order valence-electron chi connectivity index (χ0n) is 12.4. The van der Waals surface area contributed by atoms with Crippen LogP contribution in [0.25, 0.3) is 11.5 Å². The van der Waals surface area contributed by atoms with E-state index >= 15 is 0 Å². The number of halogens is 1. The van der Waals surface area contributed by atoms with Gasteiger partial charge in [-0.25, -0.2) is 8.42 Å². The topological polar surface area (TPSA) is 88.0 Å². The van der Waals surface area contributed by atoms with Crippen molar-refractivity contribution in [3.05, 3.63) is 52.9 Å². The normalized spacial score (nSPS) is 11.6. The fourth-order valence-electron chi connectivity index (χ4n) is 2.16. The second kappa shape index (κ2) is 5.75. The van der Waals surface area contributed by atoms with Gasteiger partial charge < -0.3 is 4.42 Å². The van der Waals surface area contributed by atoms with Crippen molar-refractivity contribution in [3.8, 4) is 11.5 Å². The largest absolute Gasteiger partial charge is 0.458 e. The molecule has 23 heavy (non-hydrogen) atoms. The Morgan fingerprint density at radius 3 is 2.65 bits per heavy atom. The van der Waals surface area contributed by atoms with E-state index in [2.05, 4.69) is 14.9 Å². The van der Waals surface area contributed by atoms with Gasteiger partial charge in [-0.3, -0.25) is 9.82 Å². The van der Waals surface area contributed by atoms with Gasteiger partial charge in [0.25, 0.3) is 10.0 Å². The van der Waals surface area contributed by atoms with Gasteiger partial charge in [0.1, 0.15) is 16.3 Å². The van der Waals surface area contributed by atoms with E-state index in [1.54, 1.807) is 31.2 Å². The summed E-state index contributed by atoms with van der Waals surface area (Å²) in [5, 5.41) is 7.30. The smallest absolute Gasteiger partial charge is 0.265 e. The van der Waals surface area contributed by atoms with Gasteiger partial charge in [-0.15, -0.1) is 0 Å². The van der Waals surface area contributed by atoms with E-state index in [9.17, 15) is 8.42 Å². The summed E-state index contributed by atoms with van der Waals surface area (Å²) in [5.41, 5.74) is 1.79. The summed E-state index contributed by atoms with van der Waals surface area (Å²) in [6.45, 7) is 3.44. The van der Waals surface area contributed by atoms with Crippen LogP contribution < -0.4 is 4.72 Å². The van der Waals surface area contributed by atoms with Crippen LogP contribution in [0.5, 0.6) is 0 Å². The second-order valence-corrected chi connectivity index (χ2v) is 7.17. The molecule has 6 nitrogen and oxygen atoms in total. The van der Waals surface area contributed by atoms with Crippen LogP contribution in [0.3, 0.4) is 0 Å². The first-order chi connectivity index (χ1) is 10.8. The summed E-state index contributed by atoms with van der Waals surface area (Å²) in [5.74, 6) is 0.675. The Kier molecular flexibility index (Phi) is 3.91. The van der Waals surface area contributed by atoms with Gasteiger partial charge in [-0.1, -0.05) is 17.7 Å². The van der Waals surface area contributed by atoms with Gasteiger partial charge in [-0.2, -0.15) is 5.10 Å². The standard InChI is InChI=1S/C15H14ClN3O3S/c1-9-6-13(18-17-9)14-8-15(10(2)22-14)23(20,21)19-12-5-3-4-11(16)7-12/h3-8,19H,1-2H3,(H,17,18). The van der Waals surface area contributed by atoms with Crippen LogP contribution in [0.15, 0.2) is 45.7 Å². The first kappa shape index (κ1) is 15.6. The van der Waals surface area contributed by atoms with Crippen LogP contribution in [0.2, 0.25) is 5.02 Å². The number of nitrogens with zero attached hydrogens (tertiary/aromatic N) is 1. The van der Waals surface area contributed by atoms with Crippen molar-refractivity contribution < 1.29 is 12.8 Å². The SMILES string of the molecule is Cc1cc(-c2cc(S(=O)(=O)Nc3cccc(Cl)c3)c(C)o2)n[nH]1. The highest BCUT2D eigenvalue weighted by atomic mass is 35.5. The molecular weight excluding hydrogens is 338 g/mol. The van der Waals surface area contributed by atoms with E-state index in [4.69, 9.17) is 16.0 Å². The number of hydrogen-bond donors (Lipinski definition) is 2. The van der Waals surface area contributed by atoms with Crippen molar-refractivity contribution in [1.29, 1.82) is 0 Å². The highest BCUT2D eigenvalue weighted by molar-refractivity contribution is 7.92. The zero-order valence-corrected chi connectivity index (χ0v) is 14.0.